The second-order valence-electron chi connectivity index (χ2n) is 9.84. The molecule has 0 aromatic heterocycles. The Bertz CT molecular complexity index is 872. The second-order valence-corrected chi connectivity index (χ2v) is 10.6. The van der Waals surface area contributed by atoms with Gasteiger partial charge in [-0.05, 0) is 60.1 Å². The zero-order valence-electron chi connectivity index (χ0n) is 21.0. The van der Waals surface area contributed by atoms with Gasteiger partial charge in [0.25, 0.3) is 5.91 Å². The topological polar surface area (TPSA) is 84.9 Å². The van der Waals surface area contributed by atoms with Crippen molar-refractivity contribution >= 4 is 46.7 Å². The highest BCUT2D eigenvalue weighted by atomic mass is 35.5. The van der Waals surface area contributed by atoms with Crippen molar-refractivity contribution in [2.75, 3.05) is 29.7 Å². The molecule has 0 heterocycles. The minimum Gasteiger partial charge on any atom is -0.460 e. The molecule has 1 aromatic rings. The number of rotatable bonds is 11. The highest BCUT2D eigenvalue weighted by molar-refractivity contribution is 6.18. The van der Waals surface area contributed by atoms with E-state index >= 15 is 0 Å². The lowest BCUT2D eigenvalue weighted by Gasteiger charge is -2.26. The van der Waals surface area contributed by atoms with Crippen molar-refractivity contribution < 1.29 is 32.6 Å². The van der Waals surface area contributed by atoms with Crippen molar-refractivity contribution in [3.63, 3.8) is 0 Å². The van der Waals surface area contributed by atoms with Crippen LogP contribution in [0.3, 0.4) is 0 Å². The maximum atomic E-state index is 14.8. The van der Waals surface area contributed by atoms with Gasteiger partial charge in [-0.2, -0.15) is 0 Å². The molecule has 1 atom stereocenters. The third-order valence-electron chi connectivity index (χ3n) is 4.36. The normalized spacial score (nSPS) is 12.6. The molecular formula is C24H34Cl2F2N2O5. The van der Waals surface area contributed by atoms with E-state index in [1.54, 1.807) is 41.5 Å². The predicted octanol–water partition coefficient (Wildman–Crippen LogP) is 4.81. The molecule has 0 bridgehead atoms. The average molecular weight is 539 g/mol. The lowest BCUT2D eigenvalue weighted by Crippen LogP contribution is -2.44. The Balaban J connectivity index is 3.13. The van der Waals surface area contributed by atoms with E-state index in [-0.39, 0.29) is 48.9 Å². The van der Waals surface area contributed by atoms with E-state index < -0.39 is 46.7 Å². The highest BCUT2D eigenvalue weighted by Crippen LogP contribution is 2.25. The molecule has 198 valence electrons. The molecule has 1 amide bonds. The molecule has 0 saturated heterocycles. The van der Waals surface area contributed by atoms with Gasteiger partial charge in [0.1, 0.15) is 34.6 Å². The van der Waals surface area contributed by atoms with Crippen LogP contribution in [0.15, 0.2) is 12.1 Å². The van der Waals surface area contributed by atoms with Crippen LogP contribution < -0.4 is 10.2 Å². The fourth-order valence-corrected chi connectivity index (χ4v) is 3.46. The van der Waals surface area contributed by atoms with Gasteiger partial charge in [0, 0.05) is 36.8 Å². The second kappa shape index (κ2) is 13.3. The largest absolute Gasteiger partial charge is 0.460 e. The highest BCUT2D eigenvalue weighted by Gasteiger charge is 2.29. The van der Waals surface area contributed by atoms with Crippen molar-refractivity contribution in [2.24, 2.45) is 0 Å². The van der Waals surface area contributed by atoms with Crippen LogP contribution in [-0.4, -0.2) is 59.9 Å². The zero-order valence-corrected chi connectivity index (χ0v) is 22.5. The molecule has 0 aliphatic heterocycles. The van der Waals surface area contributed by atoms with Gasteiger partial charge in [-0.25, -0.2) is 13.6 Å². The quantitative estimate of drug-likeness (QED) is 0.321. The lowest BCUT2D eigenvalue weighted by molar-refractivity contribution is -0.158. The minimum atomic E-state index is -1.25. The first-order valence-corrected chi connectivity index (χ1v) is 12.3. The van der Waals surface area contributed by atoms with Crippen LogP contribution in [0.2, 0.25) is 0 Å². The van der Waals surface area contributed by atoms with Gasteiger partial charge in [0.2, 0.25) is 0 Å². The van der Waals surface area contributed by atoms with E-state index in [9.17, 15) is 23.2 Å². The third kappa shape index (κ3) is 11.0. The van der Waals surface area contributed by atoms with Crippen molar-refractivity contribution in [1.82, 2.24) is 5.32 Å². The van der Waals surface area contributed by atoms with Crippen LogP contribution in [0.4, 0.5) is 14.5 Å². The molecule has 0 aliphatic rings. The van der Waals surface area contributed by atoms with Crippen LogP contribution >= 0.6 is 23.2 Å². The fourth-order valence-electron chi connectivity index (χ4n) is 3.06. The number of carbonyl (C=O) groups is 3. The van der Waals surface area contributed by atoms with E-state index in [4.69, 9.17) is 32.7 Å². The smallest absolute Gasteiger partial charge is 0.329 e. The Kier molecular flexibility index (Phi) is 11.7. The van der Waals surface area contributed by atoms with Crippen LogP contribution in [0.1, 0.15) is 64.7 Å². The van der Waals surface area contributed by atoms with Crippen molar-refractivity contribution in [3.8, 4) is 0 Å². The van der Waals surface area contributed by atoms with Crippen LogP contribution in [0, 0.1) is 11.6 Å². The fraction of sp³-hybridized carbons (Fsp3) is 0.625. The number of anilines is 1. The number of ether oxygens (including phenoxy) is 2. The average Bonchev–Trinajstić information content (AvgIpc) is 2.68. The molecule has 0 aliphatic carbocycles. The van der Waals surface area contributed by atoms with E-state index in [0.29, 0.717) is 0 Å². The summed E-state index contributed by atoms with van der Waals surface area (Å²) in [5, 5.41) is 2.42. The van der Waals surface area contributed by atoms with E-state index in [1.807, 2.05) is 0 Å². The number of esters is 2. The molecular weight excluding hydrogens is 505 g/mol. The Labute approximate surface area is 215 Å². The summed E-state index contributed by atoms with van der Waals surface area (Å²) in [6.45, 7) is 10.3. The van der Waals surface area contributed by atoms with Crippen molar-refractivity contribution in [3.05, 3.63) is 29.3 Å². The first-order valence-electron chi connectivity index (χ1n) is 11.2. The number of halogens is 4. The van der Waals surface area contributed by atoms with Gasteiger partial charge in [-0.15, -0.1) is 23.2 Å². The van der Waals surface area contributed by atoms with Gasteiger partial charge in [0.15, 0.2) is 0 Å². The number of hydrogen-bond acceptors (Lipinski definition) is 6. The summed E-state index contributed by atoms with van der Waals surface area (Å²) in [7, 11) is 0. The first-order chi connectivity index (χ1) is 16.1. The number of nitrogens with zero attached hydrogens (tertiary/aromatic N) is 1. The lowest BCUT2D eigenvalue weighted by atomic mass is 10.1. The number of alkyl halides is 2. The summed E-state index contributed by atoms with van der Waals surface area (Å²) in [4.78, 5) is 38.9. The molecule has 35 heavy (non-hydrogen) atoms. The summed E-state index contributed by atoms with van der Waals surface area (Å²) >= 11 is 11.4. The number of nitrogens with one attached hydrogen (secondary N) is 1. The monoisotopic (exact) mass is 538 g/mol. The molecule has 0 radical (unpaired) electrons. The van der Waals surface area contributed by atoms with E-state index in [2.05, 4.69) is 5.32 Å². The number of hydrogen-bond donors (Lipinski definition) is 1. The van der Waals surface area contributed by atoms with Crippen LogP contribution in [0.5, 0.6) is 0 Å². The zero-order chi connectivity index (χ0) is 27.0. The summed E-state index contributed by atoms with van der Waals surface area (Å²) in [6, 6.07) is 0.482. The standard InChI is InChI=1S/C24H34Cl2F2N2O5/c1-23(2,3)34-19(31)8-7-18(22(33)35-24(4,5)6)29-21(32)15-13-16(27)20(17(28)14-15)30(11-9-25)12-10-26/h13-14,18H,7-12H2,1-6H3,(H,29,32). The molecule has 11 heteroatoms. The van der Waals surface area contributed by atoms with Gasteiger partial charge in [-0.1, -0.05) is 0 Å². The Morgan fingerprint density at radius 2 is 1.43 bits per heavy atom. The summed E-state index contributed by atoms with van der Waals surface area (Å²) in [6.07, 6.45) is -0.313. The van der Waals surface area contributed by atoms with Crippen molar-refractivity contribution in [2.45, 2.75) is 71.6 Å². The summed E-state index contributed by atoms with van der Waals surface area (Å²) in [5.41, 5.74) is -2.28. The number of amides is 1. The SMILES string of the molecule is CC(C)(C)OC(=O)CCC(NC(=O)c1cc(F)c(N(CCCl)CCCl)c(F)c1)C(=O)OC(C)(C)C. The molecule has 0 spiro atoms. The molecule has 1 unspecified atom stereocenters. The Morgan fingerprint density at radius 1 is 0.943 bits per heavy atom. The Hall–Kier alpha value is -2.13. The molecule has 0 saturated carbocycles. The minimum absolute atomic E-state index is 0.118. The molecule has 1 aromatic carbocycles. The summed E-state index contributed by atoms with van der Waals surface area (Å²) in [5.74, 6) is -3.99. The van der Waals surface area contributed by atoms with E-state index in [1.165, 1.54) is 4.90 Å². The van der Waals surface area contributed by atoms with Gasteiger partial charge < -0.3 is 19.7 Å². The van der Waals surface area contributed by atoms with Gasteiger partial charge >= 0.3 is 11.9 Å². The third-order valence-corrected chi connectivity index (χ3v) is 4.70. The molecule has 1 N–H and O–H groups in total. The van der Waals surface area contributed by atoms with Gasteiger partial charge in [-0.3, -0.25) is 9.59 Å². The van der Waals surface area contributed by atoms with Crippen LogP contribution in [-0.2, 0) is 19.1 Å². The Morgan fingerprint density at radius 3 is 1.86 bits per heavy atom. The summed E-state index contributed by atoms with van der Waals surface area (Å²) < 4.78 is 40.2. The number of carbonyl (C=O) groups excluding carboxylic acids is 3. The van der Waals surface area contributed by atoms with Gasteiger partial charge in [0.05, 0.1) is 0 Å². The maximum Gasteiger partial charge on any atom is 0.329 e. The predicted molar refractivity (Wildman–Crippen MR) is 132 cm³/mol. The van der Waals surface area contributed by atoms with E-state index in [0.717, 1.165) is 12.1 Å². The maximum absolute atomic E-state index is 14.8. The van der Waals surface area contributed by atoms with Crippen LogP contribution in [0.25, 0.3) is 0 Å². The van der Waals surface area contributed by atoms with Crippen molar-refractivity contribution in [1.29, 1.82) is 0 Å². The number of benzene rings is 1. The molecule has 1 rings (SSSR count). The molecule has 7 nitrogen and oxygen atoms in total. The molecule has 0 fully saturated rings. The first kappa shape index (κ1) is 30.9.